The minimum atomic E-state index is -1.28. The lowest BCUT2D eigenvalue weighted by Crippen LogP contribution is -2.22. The number of ether oxygens (including phenoxy) is 2. The Morgan fingerprint density at radius 1 is 1.00 bits per heavy atom. The number of carboxylic acid groups (broad SMARTS) is 1. The Morgan fingerprint density at radius 2 is 1.74 bits per heavy atom. The minimum absolute atomic E-state index is 0.509. The van der Waals surface area contributed by atoms with Crippen molar-refractivity contribution in [1.29, 1.82) is 5.26 Å². The average molecular weight is 361 g/mol. The van der Waals surface area contributed by atoms with E-state index < -0.39 is 17.8 Å². The second kappa shape index (κ2) is 7.79. The molecule has 0 aliphatic rings. The summed E-state index contributed by atoms with van der Waals surface area (Å²) in [5.74, 6) is -2.10. The standard InChI is InChI=1S/C22H19NO4/c1-26-15-10-11-20(27-2)18(12-15)21(19(13-23)22(24)25)17-9-5-7-14-6-3-4-8-16(14)17/h3-12,19,21H,1-2H3,(H,24,25). The molecule has 0 spiro atoms. The van der Waals surface area contributed by atoms with Crippen molar-refractivity contribution in [2.24, 2.45) is 5.92 Å². The van der Waals surface area contributed by atoms with Crippen molar-refractivity contribution in [2.75, 3.05) is 14.2 Å². The fraction of sp³-hybridized carbons (Fsp3) is 0.182. The van der Waals surface area contributed by atoms with E-state index in [-0.39, 0.29) is 0 Å². The highest BCUT2D eigenvalue weighted by atomic mass is 16.5. The lowest BCUT2D eigenvalue weighted by atomic mass is 9.79. The molecule has 0 aliphatic carbocycles. The van der Waals surface area contributed by atoms with Gasteiger partial charge in [0.1, 0.15) is 11.5 Å². The van der Waals surface area contributed by atoms with Crippen LogP contribution in [-0.2, 0) is 4.79 Å². The summed E-state index contributed by atoms with van der Waals surface area (Å²) in [7, 11) is 3.06. The predicted octanol–water partition coefficient (Wildman–Crippen LogP) is 4.21. The summed E-state index contributed by atoms with van der Waals surface area (Å²) in [4.78, 5) is 11.9. The van der Waals surface area contributed by atoms with Gasteiger partial charge in [0.25, 0.3) is 0 Å². The van der Waals surface area contributed by atoms with Gasteiger partial charge >= 0.3 is 5.97 Å². The van der Waals surface area contributed by atoms with Crippen LogP contribution in [0.25, 0.3) is 10.8 Å². The minimum Gasteiger partial charge on any atom is -0.497 e. The Kier molecular flexibility index (Phi) is 5.28. The maximum absolute atomic E-state index is 11.9. The lowest BCUT2D eigenvalue weighted by Gasteiger charge is -2.24. The van der Waals surface area contributed by atoms with E-state index in [4.69, 9.17) is 9.47 Å². The number of benzene rings is 3. The molecule has 0 aliphatic heterocycles. The lowest BCUT2D eigenvalue weighted by molar-refractivity contribution is -0.140. The molecule has 136 valence electrons. The normalized spacial score (nSPS) is 12.8. The van der Waals surface area contributed by atoms with Gasteiger partial charge in [-0.2, -0.15) is 5.26 Å². The number of aliphatic carboxylic acids is 1. The molecule has 0 saturated heterocycles. The number of nitrogens with zero attached hydrogens (tertiary/aromatic N) is 1. The smallest absolute Gasteiger partial charge is 0.321 e. The topological polar surface area (TPSA) is 79.5 Å². The molecule has 1 N–H and O–H groups in total. The molecule has 5 nitrogen and oxygen atoms in total. The maximum Gasteiger partial charge on any atom is 0.321 e. The number of methoxy groups -OCH3 is 2. The molecule has 0 bridgehead atoms. The van der Waals surface area contributed by atoms with Crippen molar-refractivity contribution < 1.29 is 19.4 Å². The fourth-order valence-electron chi connectivity index (χ4n) is 3.40. The molecule has 0 aromatic heterocycles. The second-order valence-electron chi connectivity index (χ2n) is 6.10. The molecule has 2 atom stereocenters. The summed E-state index contributed by atoms with van der Waals surface area (Å²) in [6.45, 7) is 0. The van der Waals surface area contributed by atoms with Gasteiger partial charge in [-0.3, -0.25) is 4.79 Å². The predicted molar refractivity (Wildman–Crippen MR) is 102 cm³/mol. The Balaban J connectivity index is 2.34. The number of carboxylic acids is 1. The van der Waals surface area contributed by atoms with E-state index in [1.165, 1.54) is 14.2 Å². The van der Waals surface area contributed by atoms with Gasteiger partial charge in [0, 0.05) is 11.5 Å². The van der Waals surface area contributed by atoms with Gasteiger partial charge in [-0.25, -0.2) is 0 Å². The van der Waals surface area contributed by atoms with Crippen molar-refractivity contribution >= 4 is 16.7 Å². The van der Waals surface area contributed by atoms with Crippen LogP contribution in [-0.4, -0.2) is 25.3 Å². The number of nitriles is 1. The van der Waals surface area contributed by atoms with Crippen LogP contribution in [0, 0.1) is 17.2 Å². The first-order chi connectivity index (χ1) is 13.1. The molecule has 0 saturated carbocycles. The van der Waals surface area contributed by atoms with Crippen LogP contribution in [0.5, 0.6) is 11.5 Å². The van der Waals surface area contributed by atoms with E-state index in [1.54, 1.807) is 18.2 Å². The quantitative estimate of drug-likeness (QED) is 0.711. The molecular formula is C22H19NO4. The first-order valence-electron chi connectivity index (χ1n) is 8.42. The Morgan fingerprint density at radius 3 is 2.41 bits per heavy atom. The summed E-state index contributed by atoms with van der Waals surface area (Å²) in [5, 5.41) is 21.3. The molecule has 27 heavy (non-hydrogen) atoms. The van der Waals surface area contributed by atoms with Gasteiger partial charge in [-0.1, -0.05) is 42.5 Å². The van der Waals surface area contributed by atoms with Crippen molar-refractivity contribution in [3.8, 4) is 17.6 Å². The van der Waals surface area contributed by atoms with Gasteiger partial charge in [-0.15, -0.1) is 0 Å². The third kappa shape index (κ3) is 3.42. The summed E-state index contributed by atoms with van der Waals surface area (Å²) >= 11 is 0. The van der Waals surface area contributed by atoms with Gasteiger partial charge in [0.05, 0.1) is 20.3 Å². The molecular weight excluding hydrogens is 342 g/mol. The molecule has 3 aromatic rings. The van der Waals surface area contributed by atoms with E-state index >= 15 is 0 Å². The van der Waals surface area contributed by atoms with Crippen LogP contribution in [0.4, 0.5) is 0 Å². The molecule has 0 radical (unpaired) electrons. The van der Waals surface area contributed by atoms with Crippen LogP contribution >= 0.6 is 0 Å². The summed E-state index contributed by atoms with van der Waals surface area (Å²) in [6, 6.07) is 20.6. The van der Waals surface area contributed by atoms with Crippen LogP contribution in [0.2, 0.25) is 0 Å². The number of hydrogen-bond donors (Lipinski definition) is 1. The molecule has 3 aromatic carbocycles. The maximum atomic E-state index is 11.9. The zero-order valence-electron chi connectivity index (χ0n) is 15.0. The van der Waals surface area contributed by atoms with Crippen molar-refractivity contribution in [3.05, 3.63) is 71.8 Å². The monoisotopic (exact) mass is 361 g/mol. The summed E-state index contributed by atoms with van der Waals surface area (Å²) < 4.78 is 10.8. The van der Waals surface area contributed by atoms with Crippen LogP contribution in [0.3, 0.4) is 0 Å². The van der Waals surface area contributed by atoms with Crippen LogP contribution < -0.4 is 9.47 Å². The summed E-state index contributed by atoms with van der Waals surface area (Å²) in [5.41, 5.74) is 1.36. The van der Waals surface area contributed by atoms with Gasteiger partial charge in [-0.05, 0) is 34.5 Å². The highest BCUT2D eigenvalue weighted by molar-refractivity contribution is 5.88. The third-order valence-electron chi connectivity index (χ3n) is 4.67. The Bertz CT molecular complexity index is 1020. The molecule has 0 fully saturated rings. The molecule has 3 rings (SSSR count). The van der Waals surface area contributed by atoms with E-state index in [2.05, 4.69) is 0 Å². The molecule has 0 amide bonds. The SMILES string of the molecule is COc1ccc(OC)c(C(c2cccc3ccccc23)C(C#N)C(=O)O)c1. The number of carbonyl (C=O) groups is 1. The van der Waals surface area contributed by atoms with Gasteiger partial charge < -0.3 is 14.6 Å². The zero-order valence-corrected chi connectivity index (χ0v) is 15.0. The summed E-state index contributed by atoms with van der Waals surface area (Å²) in [6.07, 6.45) is 0. The highest BCUT2D eigenvalue weighted by Gasteiger charge is 2.34. The van der Waals surface area contributed by atoms with E-state index in [0.29, 0.717) is 17.1 Å². The number of fused-ring (bicyclic) bond motifs is 1. The zero-order chi connectivity index (χ0) is 19.4. The molecule has 0 heterocycles. The Labute approximate surface area is 157 Å². The fourth-order valence-corrected chi connectivity index (χ4v) is 3.40. The van der Waals surface area contributed by atoms with Gasteiger partial charge in [0.15, 0.2) is 5.92 Å². The average Bonchev–Trinajstić information content (AvgIpc) is 2.71. The van der Waals surface area contributed by atoms with Crippen molar-refractivity contribution in [1.82, 2.24) is 0 Å². The first kappa shape index (κ1) is 18.3. The van der Waals surface area contributed by atoms with Crippen molar-refractivity contribution in [3.63, 3.8) is 0 Å². The van der Waals surface area contributed by atoms with Crippen LogP contribution in [0.1, 0.15) is 17.0 Å². The van der Waals surface area contributed by atoms with Crippen molar-refractivity contribution in [2.45, 2.75) is 5.92 Å². The van der Waals surface area contributed by atoms with E-state index in [1.807, 2.05) is 48.5 Å². The highest BCUT2D eigenvalue weighted by Crippen LogP contribution is 2.41. The molecule has 5 heteroatoms. The number of rotatable bonds is 6. The number of hydrogen-bond acceptors (Lipinski definition) is 4. The van der Waals surface area contributed by atoms with Crippen LogP contribution in [0.15, 0.2) is 60.7 Å². The van der Waals surface area contributed by atoms with E-state index in [9.17, 15) is 15.2 Å². The molecule has 2 unspecified atom stereocenters. The van der Waals surface area contributed by atoms with E-state index in [0.717, 1.165) is 16.3 Å². The third-order valence-corrected chi connectivity index (χ3v) is 4.67. The largest absolute Gasteiger partial charge is 0.497 e. The Hall–Kier alpha value is -3.52. The first-order valence-corrected chi connectivity index (χ1v) is 8.42. The second-order valence-corrected chi connectivity index (χ2v) is 6.10. The van der Waals surface area contributed by atoms with Gasteiger partial charge in [0.2, 0.25) is 0 Å².